The van der Waals surface area contributed by atoms with Crippen LogP contribution in [0.1, 0.15) is 41.2 Å². The van der Waals surface area contributed by atoms with Crippen LogP contribution in [0.5, 0.6) is 0 Å². The zero-order chi connectivity index (χ0) is 14.8. The van der Waals surface area contributed by atoms with E-state index >= 15 is 0 Å². The van der Waals surface area contributed by atoms with Gasteiger partial charge in [-0.3, -0.25) is 9.59 Å². The molecule has 0 bridgehead atoms. The van der Waals surface area contributed by atoms with Gasteiger partial charge in [-0.25, -0.2) is 4.98 Å². The molecule has 1 saturated carbocycles. The van der Waals surface area contributed by atoms with Crippen molar-refractivity contribution in [2.24, 2.45) is 5.73 Å². The largest absolute Gasteiger partial charge is 0.352 e. The van der Waals surface area contributed by atoms with Crippen LogP contribution < -0.4 is 11.1 Å². The molecule has 1 aliphatic carbocycles. The van der Waals surface area contributed by atoms with E-state index in [1.807, 2.05) is 0 Å². The molecule has 2 aliphatic rings. The lowest BCUT2D eigenvalue weighted by Crippen LogP contribution is -2.46. The lowest BCUT2D eigenvalue weighted by atomic mass is 10.2. The molecule has 8 heteroatoms. The topological polar surface area (TPSA) is 88.3 Å². The van der Waals surface area contributed by atoms with Gasteiger partial charge < -0.3 is 16.0 Å². The first kappa shape index (κ1) is 17.2. The number of hydrogen-bond acceptors (Lipinski definition) is 5. The molecule has 22 heavy (non-hydrogen) atoms. The van der Waals surface area contributed by atoms with Crippen LogP contribution in [0.25, 0.3) is 0 Å². The van der Waals surface area contributed by atoms with Crippen molar-refractivity contribution in [3.8, 4) is 0 Å². The summed E-state index contributed by atoms with van der Waals surface area (Å²) in [6.45, 7) is 1.16. The number of nitrogens with two attached hydrogens (primary N) is 1. The highest BCUT2D eigenvalue weighted by molar-refractivity contribution is 7.09. The molecule has 1 atom stereocenters. The molecule has 2 heterocycles. The predicted molar refractivity (Wildman–Crippen MR) is 87.3 cm³/mol. The van der Waals surface area contributed by atoms with Crippen LogP contribution in [0.3, 0.4) is 0 Å². The number of thiazole rings is 1. The summed E-state index contributed by atoms with van der Waals surface area (Å²) in [4.78, 5) is 30.7. The van der Waals surface area contributed by atoms with Gasteiger partial charge in [-0.2, -0.15) is 0 Å². The second kappa shape index (κ2) is 7.39. The fourth-order valence-electron chi connectivity index (χ4n) is 2.60. The quantitative estimate of drug-likeness (QED) is 0.832. The van der Waals surface area contributed by atoms with Gasteiger partial charge in [0.25, 0.3) is 5.91 Å². The van der Waals surface area contributed by atoms with Crippen molar-refractivity contribution in [3.05, 3.63) is 16.1 Å². The summed E-state index contributed by atoms with van der Waals surface area (Å²) in [6, 6.07) is -0.0109. The lowest BCUT2D eigenvalue weighted by molar-refractivity contribution is -0.125. The van der Waals surface area contributed by atoms with Gasteiger partial charge in [-0.15, -0.1) is 23.7 Å². The van der Waals surface area contributed by atoms with Gasteiger partial charge in [0.2, 0.25) is 5.91 Å². The number of carbonyl (C=O) groups excluding carboxylic acids is 2. The van der Waals surface area contributed by atoms with E-state index in [1.54, 1.807) is 10.3 Å². The summed E-state index contributed by atoms with van der Waals surface area (Å²) >= 11 is 1.45. The van der Waals surface area contributed by atoms with Crippen molar-refractivity contribution in [3.63, 3.8) is 0 Å². The number of hydrogen-bond donors (Lipinski definition) is 2. The number of halogens is 1. The minimum atomic E-state index is -0.335. The fourth-order valence-corrected chi connectivity index (χ4v) is 3.39. The fraction of sp³-hybridized carbons (Fsp3) is 0.643. The molecule has 2 fully saturated rings. The van der Waals surface area contributed by atoms with Crippen LogP contribution in [0.4, 0.5) is 0 Å². The molecule has 0 radical (unpaired) electrons. The van der Waals surface area contributed by atoms with Gasteiger partial charge in [0.15, 0.2) is 0 Å². The molecular formula is C14H21ClN4O2S. The lowest BCUT2D eigenvalue weighted by Gasteiger charge is -2.23. The average molecular weight is 345 g/mol. The summed E-state index contributed by atoms with van der Waals surface area (Å²) in [6.07, 6.45) is 4.41. The van der Waals surface area contributed by atoms with E-state index < -0.39 is 0 Å². The van der Waals surface area contributed by atoms with Crippen molar-refractivity contribution in [2.75, 3.05) is 13.1 Å². The maximum absolute atomic E-state index is 12.5. The number of carbonyl (C=O) groups is 2. The predicted octanol–water partition coefficient (Wildman–Crippen LogP) is 0.949. The highest BCUT2D eigenvalue weighted by Gasteiger charge is 2.37. The van der Waals surface area contributed by atoms with Gasteiger partial charge in [0, 0.05) is 24.4 Å². The first-order chi connectivity index (χ1) is 10.2. The van der Waals surface area contributed by atoms with E-state index in [0.717, 1.165) is 30.7 Å². The molecular weight excluding hydrogens is 324 g/mol. The van der Waals surface area contributed by atoms with Crippen LogP contribution in [0.2, 0.25) is 0 Å². The molecule has 6 nitrogen and oxygen atoms in total. The normalized spacial score (nSPS) is 20.6. The van der Waals surface area contributed by atoms with Crippen molar-refractivity contribution in [1.82, 2.24) is 15.2 Å². The zero-order valence-electron chi connectivity index (χ0n) is 12.3. The summed E-state index contributed by atoms with van der Waals surface area (Å²) < 4.78 is 0. The van der Waals surface area contributed by atoms with Crippen LogP contribution >= 0.6 is 23.7 Å². The Balaban J connectivity index is 0.00000176. The van der Waals surface area contributed by atoms with Crippen molar-refractivity contribution < 1.29 is 9.59 Å². The SMILES string of the molecule is Cl.NCCc1nc(C(=O)N2CCCC2C(=O)NC2CC2)cs1. The number of nitrogens with one attached hydrogen (secondary N) is 1. The van der Waals surface area contributed by atoms with Crippen LogP contribution in [0, 0.1) is 0 Å². The number of aromatic nitrogens is 1. The van der Waals surface area contributed by atoms with Crippen molar-refractivity contribution >= 4 is 35.6 Å². The Labute approximate surface area is 139 Å². The van der Waals surface area contributed by atoms with Gasteiger partial charge in [-0.05, 0) is 32.2 Å². The molecule has 0 aromatic carbocycles. The number of rotatable bonds is 5. The zero-order valence-corrected chi connectivity index (χ0v) is 13.9. The Hall–Kier alpha value is -1.18. The monoisotopic (exact) mass is 344 g/mol. The molecule has 1 aliphatic heterocycles. The standard InChI is InChI=1S/C14H20N4O2S.ClH/c15-6-5-12-17-10(8-21-12)14(20)18-7-1-2-11(18)13(19)16-9-3-4-9;/h8-9,11H,1-7,15H2,(H,16,19);1H. The molecule has 122 valence electrons. The molecule has 1 unspecified atom stereocenters. The molecule has 2 amide bonds. The Morgan fingerprint density at radius 2 is 2.18 bits per heavy atom. The minimum absolute atomic E-state index is 0. The summed E-state index contributed by atoms with van der Waals surface area (Å²) in [5, 5.41) is 5.63. The smallest absolute Gasteiger partial charge is 0.274 e. The third kappa shape index (κ3) is 3.77. The van der Waals surface area contributed by atoms with Crippen molar-refractivity contribution in [2.45, 2.75) is 44.2 Å². The third-order valence-electron chi connectivity index (χ3n) is 3.87. The first-order valence-corrected chi connectivity index (χ1v) is 8.33. The van der Waals surface area contributed by atoms with Crippen LogP contribution in [0.15, 0.2) is 5.38 Å². The molecule has 3 N–H and O–H groups in total. The highest BCUT2D eigenvalue weighted by atomic mass is 35.5. The number of amides is 2. The van der Waals surface area contributed by atoms with E-state index in [2.05, 4.69) is 10.3 Å². The third-order valence-corrected chi connectivity index (χ3v) is 4.78. The molecule has 1 aromatic rings. The van der Waals surface area contributed by atoms with Crippen LogP contribution in [-0.4, -0.2) is 46.9 Å². The van der Waals surface area contributed by atoms with Crippen LogP contribution in [-0.2, 0) is 11.2 Å². The van der Waals surface area contributed by atoms with E-state index in [4.69, 9.17) is 5.73 Å². The Bertz CT molecular complexity index is 547. The summed E-state index contributed by atoms with van der Waals surface area (Å²) in [5.74, 6) is -0.149. The molecule has 1 saturated heterocycles. The van der Waals surface area contributed by atoms with Gasteiger partial charge in [0.1, 0.15) is 11.7 Å². The maximum Gasteiger partial charge on any atom is 0.274 e. The van der Waals surface area contributed by atoms with E-state index in [1.165, 1.54) is 11.3 Å². The van der Waals surface area contributed by atoms with Crippen molar-refractivity contribution in [1.29, 1.82) is 0 Å². The molecule has 1 aromatic heterocycles. The minimum Gasteiger partial charge on any atom is -0.352 e. The molecule has 3 rings (SSSR count). The van der Waals surface area contributed by atoms with E-state index in [0.29, 0.717) is 31.2 Å². The number of likely N-dealkylation sites (tertiary alicyclic amines) is 1. The van der Waals surface area contributed by atoms with E-state index in [9.17, 15) is 9.59 Å². The van der Waals surface area contributed by atoms with Gasteiger partial charge >= 0.3 is 0 Å². The van der Waals surface area contributed by atoms with E-state index in [-0.39, 0.29) is 30.3 Å². The Morgan fingerprint density at radius 1 is 1.41 bits per heavy atom. The second-order valence-corrected chi connectivity index (χ2v) is 6.55. The highest BCUT2D eigenvalue weighted by Crippen LogP contribution is 2.24. The maximum atomic E-state index is 12.5. The van der Waals surface area contributed by atoms with Gasteiger partial charge in [-0.1, -0.05) is 0 Å². The second-order valence-electron chi connectivity index (χ2n) is 5.60. The molecule has 0 spiro atoms. The first-order valence-electron chi connectivity index (χ1n) is 7.45. The summed E-state index contributed by atoms with van der Waals surface area (Å²) in [5.41, 5.74) is 5.94. The van der Waals surface area contributed by atoms with Gasteiger partial charge in [0.05, 0.1) is 5.01 Å². The number of nitrogens with zero attached hydrogens (tertiary/aromatic N) is 2. The average Bonchev–Trinajstić information content (AvgIpc) is 2.98. The summed E-state index contributed by atoms with van der Waals surface area (Å²) in [7, 11) is 0. The Kier molecular flexibility index (Phi) is 5.77. The Morgan fingerprint density at radius 3 is 2.86 bits per heavy atom.